The SMILES string of the molecule is O=C(O)CCC/C=C\C[C@@H]1C(=O)C=C[C@@H]1/C=C/[C@@H](O)COc1ccccc1. The van der Waals surface area contributed by atoms with Crippen molar-refractivity contribution in [2.45, 2.75) is 31.8 Å². The van der Waals surface area contributed by atoms with Crippen molar-refractivity contribution in [3.63, 3.8) is 0 Å². The number of aliphatic carboxylic acids is 1. The Morgan fingerprint density at radius 2 is 2.00 bits per heavy atom. The second-order valence-corrected chi connectivity index (χ2v) is 6.51. The molecule has 144 valence electrons. The lowest BCUT2D eigenvalue weighted by atomic mass is 9.90. The normalized spacial score (nSPS) is 20.6. The number of ketones is 1. The second kappa shape index (κ2) is 11.1. The van der Waals surface area contributed by atoms with Crippen LogP contribution in [-0.4, -0.2) is 34.7 Å². The molecule has 5 nitrogen and oxygen atoms in total. The smallest absolute Gasteiger partial charge is 0.303 e. The topological polar surface area (TPSA) is 83.8 Å². The van der Waals surface area contributed by atoms with E-state index in [-0.39, 0.29) is 30.6 Å². The van der Waals surface area contributed by atoms with Crippen LogP contribution in [-0.2, 0) is 9.59 Å². The van der Waals surface area contributed by atoms with Crippen LogP contribution in [0.25, 0.3) is 0 Å². The van der Waals surface area contributed by atoms with Gasteiger partial charge in [0.15, 0.2) is 5.78 Å². The summed E-state index contributed by atoms with van der Waals surface area (Å²) in [6.45, 7) is 0.152. The summed E-state index contributed by atoms with van der Waals surface area (Å²) < 4.78 is 5.51. The molecule has 1 aliphatic carbocycles. The van der Waals surface area contributed by atoms with Gasteiger partial charge >= 0.3 is 5.97 Å². The van der Waals surface area contributed by atoms with Gasteiger partial charge in [0.2, 0.25) is 0 Å². The minimum atomic E-state index is -0.793. The third-order valence-electron chi connectivity index (χ3n) is 4.35. The highest BCUT2D eigenvalue weighted by molar-refractivity contribution is 5.95. The number of carboxylic acid groups (broad SMARTS) is 1. The number of para-hydroxylation sites is 1. The number of aliphatic hydroxyl groups is 1. The zero-order chi connectivity index (χ0) is 19.5. The van der Waals surface area contributed by atoms with Crippen molar-refractivity contribution in [1.29, 1.82) is 0 Å². The molecule has 0 saturated heterocycles. The Hall–Kier alpha value is -2.66. The molecule has 0 heterocycles. The molecule has 27 heavy (non-hydrogen) atoms. The number of hydrogen-bond donors (Lipinski definition) is 2. The van der Waals surface area contributed by atoms with Crippen LogP contribution in [0.4, 0.5) is 0 Å². The van der Waals surface area contributed by atoms with Crippen molar-refractivity contribution in [3.8, 4) is 5.75 Å². The van der Waals surface area contributed by atoms with Gasteiger partial charge in [0.1, 0.15) is 18.5 Å². The number of carboxylic acids is 1. The number of benzene rings is 1. The van der Waals surface area contributed by atoms with Crippen LogP contribution < -0.4 is 4.74 Å². The molecule has 2 N–H and O–H groups in total. The minimum Gasteiger partial charge on any atom is -0.491 e. The van der Waals surface area contributed by atoms with Crippen LogP contribution in [0.2, 0.25) is 0 Å². The van der Waals surface area contributed by atoms with Crippen LogP contribution in [0.5, 0.6) is 5.75 Å². The third-order valence-corrected chi connectivity index (χ3v) is 4.35. The van der Waals surface area contributed by atoms with E-state index in [9.17, 15) is 14.7 Å². The number of rotatable bonds is 11. The van der Waals surface area contributed by atoms with E-state index in [2.05, 4.69) is 0 Å². The zero-order valence-electron chi connectivity index (χ0n) is 15.2. The second-order valence-electron chi connectivity index (χ2n) is 6.51. The van der Waals surface area contributed by atoms with E-state index in [1.807, 2.05) is 54.6 Å². The predicted octanol–water partition coefficient (Wildman–Crippen LogP) is 3.56. The van der Waals surface area contributed by atoms with E-state index in [0.29, 0.717) is 25.0 Å². The van der Waals surface area contributed by atoms with Gasteiger partial charge in [-0.1, -0.05) is 48.6 Å². The van der Waals surface area contributed by atoms with Crippen molar-refractivity contribution < 1.29 is 24.5 Å². The molecule has 1 aromatic carbocycles. The van der Waals surface area contributed by atoms with Crippen LogP contribution in [0.15, 0.2) is 66.8 Å². The van der Waals surface area contributed by atoms with E-state index in [4.69, 9.17) is 9.84 Å². The lowest BCUT2D eigenvalue weighted by molar-refractivity contribution is -0.137. The number of unbranched alkanes of at least 4 members (excludes halogenated alkanes) is 1. The molecule has 0 fully saturated rings. The maximum Gasteiger partial charge on any atom is 0.303 e. The van der Waals surface area contributed by atoms with Gasteiger partial charge in [-0.2, -0.15) is 0 Å². The quantitative estimate of drug-likeness (QED) is 0.460. The minimum absolute atomic E-state index is 0.0486. The number of carbonyl (C=O) groups is 2. The van der Waals surface area contributed by atoms with Gasteiger partial charge in [-0.3, -0.25) is 9.59 Å². The molecule has 0 saturated carbocycles. The van der Waals surface area contributed by atoms with Crippen molar-refractivity contribution in [3.05, 3.63) is 66.8 Å². The first-order valence-corrected chi connectivity index (χ1v) is 9.19. The molecular formula is C22H26O5. The molecule has 3 atom stereocenters. The average molecular weight is 370 g/mol. The Labute approximate surface area is 159 Å². The lowest BCUT2D eigenvalue weighted by Crippen LogP contribution is -2.17. The van der Waals surface area contributed by atoms with Crippen LogP contribution in [0.3, 0.4) is 0 Å². The molecule has 5 heteroatoms. The van der Waals surface area contributed by atoms with E-state index >= 15 is 0 Å². The number of carbonyl (C=O) groups excluding carboxylic acids is 1. The Morgan fingerprint density at radius 3 is 2.74 bits per heavy atom. The summed E-state index contributed by atoms with van der Waals surface area (Å²) in [6.07, 6.45) is 12.1. The molecule has 0 spiro atoms. The number of ether oxygens (including phenoxy) is 1. The van der Waals surface area contributed by atoms with Crippen LogP contribution in [0.1, 0.15) is 25.7 Å². The molecule has 0 bridgehead atoms. The Bertz CT molecular complexity index is 690. The van der Waals surface area contributed by atoms with Gasteiger partial charge in [-0.15, -0.1) is 0 Å². The van der Waals surface area contributed by atoms with E-state index in [1.54, 1.807) is 12.2 Å². The number of aliphatic hydroxyl groups excluding tert-OH is 1. The zero-order valence-corrected chi connectivity index (χ0v) is 15.2. The maximum absolute atomic E-state index is 12.0. The number of hydrogen-bond acceptors (Lipinski definition) is 4. The highest BCUT2D eigenvalue weighted by Gasteiger charge is 2.27. The Morgan fingerprint density at radius 1 is 1.22 bits per heavy atom. The summed E-state index contributed by atoms with van der Waals surface area (Å²) in [5, 5.41) is 18.7. The standard InChI is InChI=1S/C22H26O5/c23-18(16-27-19-8-4-3-5-9-19)14-12-17-13-15-21(24)20(17)10-6-1-2-7-11-22(25)26/h1,3-6,8-9,12-15,17-18,20,23H,2,7,10-11,16H2,(H,25,26)/b6-1-,14-12+/t17-,18+,20-/m0/s1. The van der Waals surface area contributed by atoms with E-state index in [0.717, 1.165) is 0 Å². The molecule has 2 rings (SSSR count). The molecular weight excluding hydrogens is 344 g/mol. The summed E-state index contributed by atoms with van der Waals surface area (Å²) in [5.41, 5.74) is 0. The molecule has 0 aliphatic heterocycles. The first kappa shape index (κ1) is 20.6. The van der Waals surface area contributed by atoms with Gasteiger partial charge in [0, 0.05) is 18.3 Å². The molecule has 0 unspecified atom stereocenters. The summed E-state index contributed by atoms with van der Waals surface area (Å²) >= 11 is 0. The van der Waals surface area contributed by atoms with E-state index < -0.39 is 12.1 Å². The van der Waals surface area contributed by atoms with Crippen molar-refractivity contribution in [2.24, 2.45) is 11.8 Å². The lowest BCUT2D eigenvalue weighted by Gasteiger charge is -2.14. The first-order chi connectivity index (χ1) is 13.1. The summed E-state index contributed by atoms with van der Waals surface area (Å²) in [4.78, 5) is 22.5. The predicted molar refractivity (Wildman–Crippen MR) is 103 cm³/mol. The third kappa shape index (κ3) is 7.62. The molecule has 0 amide bonds. The van der Waals surface area contributed by atoms with Crippen molar-refractivity contribution in [2.75, 3.05) is 6.61 Å². The maximum atomic E-state index is 12.0. The molecule has 0 aromatic heterocycles. The summed E-state index contributed by atoms with van der Waals surface area (Å²) in [7, 11) is 0. The van der Waals surface area contributed by atoms with Gasteiger partial charge in [-0.05, 0) is 37.5 Å². The monoisotopic (exact) mass is 370 g/mol. The van der Waals surface area contributed by atoms with Crippen molar-refractivity contribution in [1.82, 2.24) is 0 Å². The molecule has 1 aromatic rings. The fourth-order valence-electron chi connectivity index (χ4n) is 2.87. The molecule has 0 radical (unpaired) electrons. The van der Waals surface area contributed by atoms with Gasteiger partial charge in [0.25, 0.3) is 0 Å². The number of allylic oxidation sites excluding steroid dienone is 5. The Balaban J connectivity index is 1.76. The largest absolute Gasteiger partial charge is 0.491 e. The van der Waals surface area contributed by atoms with Gasteiger partial charge < -0.3 is 14.9 Å². The van der Waals surface area contributed by atoms with Gasteiger partial charge in [0.05, 0.1) is 0 Å². The van der Waals surface area contributed by atoms with Gasteiger partial charge in [-0.25, -0.2) is 0 Å². The van der Waals surface area contributed by atoms with Crippen LogP contribution >= 0.6 is 0 Å². The summed E-state index contributed by atoms with van der Waals surface area (Å²) in [6, 6.07) is 9.28. The fourth-order valence-corrected chi connectivity index (χ4v) is 2.87. The summed E-state index contributed by atoms with van der Waals surface area (Å²) in [5.74, 6) is -0.230. The highest BCUT2D eigenvalue weighted by Crippen LogP contribution is 2.27. The fraction of sp³-hybridized carbons (Fsp3) is 0.364. The molecule has 1 aliphatic rings. The first-order valence-electron chi connectivity index (χ1n) is 9.19. The Kier molecular flexibility index (Phi) is 8.52. The van der Waals surface area contributed by atoms with Crippen molar-refractivity contribution >= 4 is 11.8 Å². The van der Waals surface area contributed by atoms with E-state index in [1.165, 1.54) is 0 Å². The average Bonchev–Trinajstić information content (AvgIpc) is 3.01. The van der Waals surface area contributed by atoms with Crippen LogP contribution in [0, 0.1) is 11.8 Å². The highest BCUT2D eigenvalue weighted by atomic mass is 16.5.